The number of carboxylic acids is 1. The Hall–Kier alpha value is -1.26. The first-order valence-corrected chi connectivity index (χ1v) is 8.31. The first kappa shape index (κ1) is 14.7. The molecule has 0 aromatic rings. The van der Waals surface area contributed by atoms with E-state index in [1.807, 2.05) is 4.90 Å². The van der Waals surface area contributed by atoms with Gasteiger partial charge < -0.3 is 15.3 Å². The van der Waals surface area contributed by atoms with Gasteiger partial charge in [-0.1, -0.05) is 6.92 Å². The third-order valence-electron chi connectivity index (χ3n) is 5.85. The van der Waals surface area contributed by atoms with Gasteiger partial charge in [-0.25, -0.2) is 4.79 Å². The summed E-state index contributed by atoms with van der Waals surface area (Å²) in [5.41, 5.74) is 0.371. The van der Waals surface area contributed by atoms with Crippen molar-refractivity contribution in [2.24, 2.45) is 11.3 Å². The minimum Gasteiger partial charge on any atom is -0.481 e. The Labute approximate surface area is 126 Å². The summed E-state index contributed by atoms with van der Waals surface area (Å²) < 4.78 is 0. The average Bonchev–Trinajstić information content (AvgIpc) is 3.16. The number of amides is 2. The van der Waals surface area contributed by atoms with Gasteiger partial charge in [0, 0.05) is 25.0 Å². The highest BCUT2D eigenvalue weighted by atomic mass is 16.4. The van der Waals surface area contributed by atoms with E-state index in [9.17, 15) is 9.59 Å². The molecule has 0 aromatic heterocycles. The average molecular weight is 294 g/mol. The van der Waals surface area contributed by atoms with Crippen LogP contribution in [0.3, 0.4) is 0 Å². The summed E-state index contributed by atoms with van der Waals surface area (Å²) in [7, 11) is 0. The van der Waals surface area contributed by atoms with E-state index < -0.39 is 5.97 Å². The molecule has 3 fully saturated rings. The van der Waals surface area contributed by atoms with Crippen molar-refractivity contribution in [2.45, 2.75) is 70.4 Å². The molecular weight excluding hydrogens is 268 g/mol. The van der Waals surface area contributed by atoms with Gasteiger partial charge in [-0.3, -0.25) is 4.79 Å². The van der Waals surface area contributed by atoms with Crippen LogP contribution in [0.15, 0.2) is 0 Å². The maximum absolute atomic E-state index is 12.5. The number of hydrogen-bond acceptors (Lipinski definition) is 2. The van der Waals surface area contributed by atoms with E-state index in [4.69, 9.17) is 5.11 Å². The number of aliphatic carboxylic acids is 1. The Balaban J connectivity index is 1.54. The molecule has 3 aliphatic rings. The van der Waals surface area contributed by atoms with Crippen LogP contribution in [0.2, 0.25) is 0 Å². The number of nitrogens with one attached hydrogen (secondary N) is 1. The summed E-state index contributed by atoms with van der Waals surface area (Å²) >= 11 is 0. The molecule has 1 aliphatic carbocycles. The zero-order valence-electron chi connectivity index (χ0n) is 12.8. The maximum Gasteiger partial charge on any atom is 0.317 e. The van der Waals surface area contributed by atoms with Crippen molar-refractivity contribution < 1.29 is 14.7 Å². The van der Waals surface area contributed by atoms with E-state index in [1.165, 1.54) is 12.8 Å². The zero-order valence-corrected chi connectivity index (χ0v) is 12.8. The molecule has 2 atom stereocenters. The molecule has 0 radical (unpaired) electrons. The molecule has 2 aliphatic heterocycles. The standard InChI is InChI=1S/C16H26N2O3/c1-2-16(5-6-16)10-17-15(21)18-12-3-4-13(18)8-11(7-12)9-14(19)20/h11-13H,2-10H2,1H3,(H,17,21)(H,19,20). The third kappa shape index (κ3) is 3.01. The number of piperidine rings is 1. The van der Waals surface area contributed by atoms with Gasteiger partial charge in [-0.05, 0) is 56.3 Å². The van der Waals surface area contributed by atoms with Gasteiger partial charge in [0.1, 0.15) is 0 Å². The first-order valence-electron chi connectivity index (χ1n) is 8.31. The van der Waals surface area contributed by atoms with Crippen molar-refractivity contribution in [2.75, 3.05) is 6.54 Å². The van der Waals surface area contributed by atoms with Gasteiger partial charge in [0.25, 0.3) is 0 Å². The quantitative estimate of drug-likeness (QED) is 0.819. The summed E-state index contributed by atoms with van der Waals surface area (Å²) in [6.07, 6.45) is 7.64. The third-order valence-corrected chi connectivity index (χ3v) is 5.85. The van der Waals surface area contributed by atoms with Crippen LogP contribution < -0.4 is 5.32 Å². The molecule has 2 unspecified atom stereocenters. The number of nitrogens with zero attached hydrogens (tertiary/aromatic N) is 1. The van der Waals surface area contributed by atoms with E-state index in [0.29, 0.717) is 5.41 Å². The van der Waals surface area contributed by atoms with Crippen molar-refractivity contribution in [1.29, 1.82) is 0 Å². The predicted octanol–water partition coefficient (Wildman–Crippen LogP) is 2.60. The SMILES string of the molecule is CCC1(CNC(=O)N2C3CCC2CC(CC(=O)O)C3)CC1. The molecule has 0 aromatic carbocycles. The Bertz CT molecular complexity index is 419. The second kappa shape index (κ2) is 5.50. The molecule has 2 bridgehead atoms. The normalized spacial score (nSPS) is 32.8. The summed E-state index contributed by atoms with van der Waals surface area (Å²) in [4.78, 5) is 25.4. The zero-order chi connectivity index (χ0) is 15.0. The summed E-state index contributed by atoms with van der Waals surface area (Å²) in [6, 6.07) is 0.589. The van der Waals surface area contributed by atoms with Crippen molar-refractivity contribution in [3.05, 3.63) is 0 Å². The number of carbonyl (C=O) groups is 2. The number of fused-ring (bicyclic) bond motifs is 2. The van der Waals surface area contributed by atoms with E-state index >= 15 is 0 Å². The molecule has 5 nitrogen and oxygen atoms in total. The smallest absolute Gasteiger partial charge is 0.317 e. The van der Waals surface area contributed by atoms with Crippen LogP contribution in [0.5, 0.6) is 0 Å². The Morgan fingerprint density at radius 2 is 1.86 bits per heavy atom. The first-order chi connectivity index (χ1) is 10.0. The van der Waals surface area contributed by atoms with Crippen molar-refractivity contribution in [1.82, 2.24) is 10.2 Å². The number of carbonyl (C=O) groups excluding carboxylic acids is 1. The molecule has 2 heterocycles. The molecule has 118 valence electrons. The van der Waals surface area contributed by atoms with E-state index in [0.717, 1.165) is 38.6 Å². The fourth-order valence-corrected chi connectivity index (χ4v) is 4.22. The van der Waals surface area contributed by atoms with Crippen LogP contribution >= 0.6 is 0 Å². The Kier molecular flexibility index (Phi) is 3.84. The van der Waals surface area contributed by atoms with Gasteiger partial charge in [0.05, 0.1) is 0 Å². The Morgan fingerprint density at radius 1 is 1.24 bits per heavy atom. The molecule has 5 heteroatoms. The van der Waals surface area contributed by atoms with Gasteiger partial charge >= 0.3 is 12.0 Å². The minimum atomic E-state index is -0.712. The molecule has 1 saturated carbocycles. The van der Waals surface area contributed by atoms with Crippen LogP contribution in [0.1, 0.15) is 58.3 Å². The largest absolute Gasteiger partial charge is 0.481 e. The predicted molar refractivity (Wildman–Crippen MR) is 79.0 cm³/mol. The van der Waals surface area contributed by atoms with Gasteiger partial charge in [0.2, 0.25) is 0 Å². The topological polar surface area (TPSA) is 69.6 Å². The van der Waals surface area contributed by atoms with Crippen LogP contribution in [0, 0.1) is 11.3 Å². The number of hydrogen-bond donors (Lipinski definition) is 2. The molecule has 0 spiro atoms. The lowest BCUT2D eigenvalue weighted by molar-refractivity contribution is -0.138. The van der Waals surface area contributed by atoms with Crippen LogP contribution in [0.25, 0.3) is 0 Å². The van der Waals surface area contributed by atoms with Gasteiger partial charge in [-0.2, -0.15) is 0 Å². The van der Waals surface area contributed by atoms with Crippen molar-refractivity contribution in [3.63, 3.8) is 0 Å². The lowest BCUT2D eigenvalue weighted by Crippen LogP contribution is -2.51. The summed E-state index contributed by atoms with van der Waals surface area (Å²) in [6.45, 7) is 3.00. The van der Waals surface area contributed by atoms with Gasteiger partial charge in [-0.15, -0.1) is 0 Å². The van der Waals surface area contributed by atoms with Crippen LogP contribution in [-0.2, 0) is 4.79 Å². The highest BCUT2D eigenvalue weighted by molar-refractivity contribution is 5.75. The monoisotopic (exact) mass is 294 g/mol. The summed E-state index contributed by atoms with van der Waals surface area (Å²) in [5.74, 6) is -0.467. The van der Waals surface area contributed by atoms with E-state index in [1.54, 1.807) is 0 Å². The van der Waals surface area contributed by atoms with Crippen molar-refractivity contribution >= 4 is 12.0 Å². The van der Waals surface area contributed by atoms with Gasteiger partial charge in [0.15, 0.2) is 0 Å². The number of rotatable bonds is 5. The van der Waals surface area contributed by atoms with E-state index in [-0.39, 0.29) is 30.5 Å². The van der Waals surface area contributed by atoms with Crippen LogP contribution in [0.4, 0.5) is 4.79 Å². The van der Waals surface area contributed by atoms with Crippen molar-refractivity contribution in [3.8, 4) is 0 Å². The minimum absolute atomic E-state index is 0.0796. The second-order valence-electron chi connectivity index (χ2n) is 7.24. The maximum atomic E-state index is 12.5. The second-order valence-corrected chi connectivity index (χ2v) is 7.24. The van der Waals surface area contributed by atoms with E-state index in [2.05, 4.69) is 12.2 Å². The Morgan fingerprint density at radius 3 is 2.33 bits per heavy atom. The lowest BCUT2D eigenvalue weighted by Gasteiger charge is -2.38. The molecule has 3 rings (SSSR count). The fourth-order valence-electron chi connectivity index (χ4n) is 4.22. The fraction of sp³-hybridized carbons (Fsp3) is 0.875. The molecule has 2 amide bonds. The molecule has 21 heavy (non-hydrogen) atoms. The summed E-state index contributed by atoms with van der Waals surface area (Å²) in [5, 5.41) is 12.1. The lowest BCUT2D eigenvalue weighted by atomic mass is 9.88. The molecule has 2 saturated heterocycles. The molecular formula is C16H26N2O3. The number of urea groups is 1. The number of carboxylic acid groups (broad SMARTS) is 1. The highest BCUT2D eigenvalue weighted by Gasteiger charge is 2.45. The highest BCUT2D eigenvalue weighted by Crippen LogP contribution is 2.48. The van der Waals surface area contributed by atoms with Crippen LogP contribution in [-0.4, -0.2) is 40.6 Å². The molecule has 2 N–H and O–H groups in total.